The molecule has 0 N–H and O–H groups in total. The molecule has 2 aromatic rings. The number of thiazole rings is 1. The summed E-state index contributed by atoms with van der Waals surface area (Å²) in [5, 5.41) is 0.797. The summed E-state index contributed by atoms with van der Waals surface area (Å²) in [5.74, 6) is 0.800. The molecule has 5 heteroatoms. The van der Waals surface area contributed by atoms with Crippen molar-refractivity contribution in [1.82, 2.24) is 4.98 Å². The maximum Gasteiger partial charge on any atom is 0.233 e. The summed E-state index contributed by atoms with van der Waals surface area (Å²) in [7, 11) is 0. The number of benzene rings is 1. The molecule has 0 saturated carbocycles. The minimum absolute atomic E-state index is 0.0261. The summed E-state index contributed by atoms with van der Waals surface area (Å²) < 4.78 is 5.65. The Bertz CT molecular complexity index is 730. The topological polar surface area (TPSA) is 42.4 Å². The highest BCUT2D eigenvalue weighted by Gasteiger charge is 2.23. The van der Waals surface area contributed by atoms with Crippen molar-refractivity contribution >= 4 is 22.4 Å². The van der Waals surface area contributed by atoms with Gasteiger partial charge in [0, 0.05) is 17.0 Å². The minimum Gasteiger partial charge on any atom is -0.494 e. The van der Waals surface area contributed by atoms with Crippen LogP contribution in [0, 0.1) is 0 Å². The number of ether oxygens (including phenoxy) is 1. The van der Waals surface area contributed by atoms with Crippen molar-refractivity contribution in [3.63, 3.8) is 0 Å². The van der Waals surface area contributed by atoms with Crippen LogP contribution < -0.4 is 9.64 Å². The van der Waals surface area contributed by atoms with E-state index in [4.69, 9.17) is 9.72 Å². The van der Waals surface area contributed by atoms with Crippen LogP contribution in [-0.2, 0) is 24.1 Å². The molecule has 1 amide bonds. The van der Waals surface area contributed by atoms with Gasteiger partial charge in [0.15, 0.2) is 5.13 Å². The monoisotopic (exact) mass is 356 g/mol. The molecule has 4 nitrogen and oxygen atoms in total. The van der Waals surface area contributed by atoms with Crippen LogP contribution in [0.4, 0.5) is 5.13 Å². The lowest BCUT2D eigenvalue weighted by Crippen LogP contribution is -2.32. The first-order chi connectivity index (χ1) is 12.2. The molecule has 1 heterocycles. The third-order valence-corrected chi connectivity index (χ3v) is 5.47. The van der Waals surface area contributed by atoms with Crippen molar-refractivity contribution in [2.75, 3.05) is 18.1 Å². The molecule has 1 aromatic carbocycles. The normalized spacial score (nSPS) is 13.2. The van der Waals surface area contributed by atoms with Gasteiger partial charge in [-0.3, -0.25) is 9.69 Å². The van der Waals surface area contributed by atoms with Gasteiger partial charge >= 0.3 is 0 Å². The Morgan fingerprint density at radius 2 is 2.16 bits per heavy atom. The van der Waals surface area contributed by atoms with E-state index in [9.17, 15) is 4.79 Å². The van der Waals surface area contributed by atoms with E-state index in [1.165, 1.54) is 23.4 Å². The van der Waals surface area contributed by atoms with Gasteiger partial charge in [-0.2, -0.15) is 0 Å². The minimum atomic E-state index is 0.0261. The summed E-state index contributed by atoms with van der Waals surface area (Å²) in [6.45, 7) is 6.81. The van der Waals surface area contributed by atoms with Gasteiger partial charge in [-0.1, -0.05) is 24.3 Å². The van der Waals surface area contributed by atoms with Crippen LogP contribution >= 0.6 is 11.3 Å². The Balaban J connectivity index is 1.82. The van der Waals surface area contributed by atoms with Gasteiger partial charge in [-0.05, 0) is 38.7 Å². The van der Waals surface area contributed by atoms with Crippen LogP contribution in [0.1, 0.15) is 35.9 Å². The van der Waals surface area contributed by atoms with E-state index in [-0.39, 0.29) is 5.91 Å². The summed E-state index contributed by atoms with van der Waals surface area (Å²) in [5.41, 5.74) is 2.08. The number of carbonyl (C=O) groups is 1. The van der Waals surface area contributed by atoms with Crippen LogP contribution in [0.5, 0.6) is 5.75 Å². The lowest BCUT2D eigenvalue weighted by molar-refractivity contribution is -0.117. The van der Waals surface area contributed by atoms with Gasteiger partial charge in [0.2, 0.25) is 5.91 Å². The molecule has 3 rings (SSSR count). The summed E-state index contributed by atoms with van der Waals surface area (Å²) in [6.07, 6.45) is 6.56. The molecule has 132 valence electrons. The zero-order valence-electron chi connectivity index (χ0n) is 14.7. The predicted octanol–water partition coefficient (Wildman–Crippen LogP) is 4.18. The lowest BCUT2D eigenvalue weighted by atomic mass is 10.0. The quantitative estimate of drug-likeness (QED) is 0.699. The fourth-order valence-corrected chi connectivity index (χ4v) is 4.25. The first-order valence-corrected chi connectivity index (χ1v) is 9.65. The van der Waals surface area contributed by atoms with Crippen molar-refractivity contribution in [2.45, 2.75) is 39.0 Å². The Labute approximate surface area is 153 Å². The molecule has 0 unspecified atom stereocenters. The molecular formula is C20H24N2O2S. The molecule has 25 heavy (non-hydrogen) atoms. The lowest BCUT2D eigenvalue weighted by Gasteiger charge is -2.19. The smallest absolute Gasteiger partial charge is 0.233 e. The van der Waals surface area contributed by atoms with E-state index in [1.807, 2.05) is 31.2 Å². The Morgan fingerprint density at radius 3 is 2.92 bits per heavy atom. The number of nitrogens with zero attached hydrogens (tertiary/aromatic N) is 2. The molecular weight excluding hydrogens is 332 g/mol. The molecule has 0 saturated heterocycles. The van der Waals surface area contributed by atoms with Crippen molar-refractivity contribution in [1.29, 1.82) is 0 Å². The van der Waals surface area contributed by atoms with Crippen molar-refractivity contribution < 1.29 is 9.53 Å². The van der Waals surface area contributed by atoms with E-state index in [1.54, 1.807) is 22.3 Å². The Morgan fingerprint density at radius 1 is 1.36 bits per heavy atom. The zero-order valence-corrected chi connectivity index (χ0v) is 15.5. The van der Waals surface area contributed by atoms with Gasteiger partial charge in [-0.25, -0.2) is 4.98 Å². The van der Waals surface area contributed by atoms with Crippen LogP contribution in [0.25, 0.3) is 0 Å². The maximum absolute atomic E-state index is 13.0. The molecule has 0 fully saturated rings. The SMILES string of the molecule is C=CCN(C(=O)Cc1ccccc1OCC)c1nc2c(s1)CCCC2. The van der Waals surface area contributed by atoms with E-state index in [0.717, 1.165) is 29.3 Å². The average molecular weight is 356 g/mol. The fraction of sp³-hybridized carbons (Fsp3) is 0.400. The summed E-state index contributed by atoms with van der Waals surface area (Å²) in [4.78, 5) is 20.8. The van der Waals surface area contributed by atoms with Gasteiger partial charge in [0.25, 0.3) is 0 Å². The van der Waals surface area contributed by atoms with E-state index < -0.39 is 0 Å². The Hall–Kier alpha value is -2.14. The van der Waals surface area contributed by atoms with Crippen LogP contribution in [0.3, 0.4) is 0 Å². The van der Waals surface area contributed by atoms with E-state index in [2.05, 4.69) is 6.58 Å². The second-order valence-electron chi connectivity index (χ2n) is 6.08. The van der Waals surface area contributed by atoms with Crippen molar-refractivity contribution in [3.8, 4) is 5.75 Å². The Kier molecular flexibility index (Phi) is 5.87. The number of para-hydroxylation sites is 1. The van der Waals surface area contributed by atoms with Crippen molar-refractivity contribution in [3.05, 3.63) is 53.1 Å². The first kappa shape index (κ1) is 17.7. The second kappa shape index (κ2) is 8.30. The molecule has 0 spiro atoms. The third-order valence-electron chi connectivity index (χ3n) is 4.29. The molecule has 0 aliphatic heterocycles. The first-order valence-electron chi connectivity index (χ1n) is 8.83. The van der Waals surface area contributed by atoms with Gasteiger partial charge in [-0.15, -0.1) is 17.9 Å². The third kappa shape index (κ3) is 4.10. The van der Waals surface area contributed by atoms with E-state index >= 15 is 0 Å². The van der Waals surface area contributed by atoms with Gasteiger partial charge in [0.1, 0.15) is 5.75 Å². The largest absolute Gasteiger partial charge is 0.494 e. The predicted molar refractivity (Wildman–Crippen MR) is 103 cm³/mol. The zero-order chi connectivity index (χ0) is 17.6. The molecule has 0 bridgehead atoms. The number of hydrogen-bond donors (Lipinski definition) is 0. The van der Waals surface area contributed by atoms with Crippen LogP contribution in [-0.4, -0.2) is 24.0 Å². The second-order valence-corrected chi connectivity index (χ2v) is 7.15. The summed E-state index contributed by atoms with van der Waals surface area (Å²) in [6, 6.07) is 7.72. The number of rotatable bonds is 7. The van der Waals surface area contributed by atoms with Crippen LogP contribution in [0.15, 0.2) is 36.9 Å². The van der Waals surface area contributed by atoms with Gasteiger partial charge in [0.05, 0.1) is 18.7 Å². The highest BCUT2D eigenvalue weighted by molar-refractivity contribution is 7.16. The molecule has 1 aliphatic carbocycles. The molecule has 0 radical (unpaired) electrons. The number of anilines is 1. The van der Waals surface area contributed by atoms with E-state index in [0.29, 0.717) is 19.6 Å². The van der Waals surface area contributed by atoms with Crippen LogP contribution in [0.2, 0.25) is 0 Å². The number of hydrogen-bond acceptors (Lipinski definition) is 4. The summed E-state index contributed by atoms with van der Waals surface area (Å²) >= 11 is 1.65. The number of aryl methyl sites for hydroxylation is 2. The molecule has 1 aromatic heterocycles. The molecule has 0 atom stereocenters. The maximum atomic E-state index is 13.0. The number of amides is 1. The fourth-order valence-electron chi connectivity index (χ4n) is 3.07. The standard InChI is InChI=1S/C20H24N2O2S/c1-3-13-22(20-21-16-10-6-8-12-18(16)25-20)19(23)14-15-9-5-7-11-17(15)24-4-2/h3,5,7,9,11H,1,4,6,8,10,12-14H2,2H3. The number of fused-ring (bicyclic) bond motifs is 1. The average Bonchev–Trinajstić information content (AvgIpc) is 3.05. The highest BCUT2D eigenvalue weighted by atomic mass is 32.1. The van der Waals surface area contributed by atoms with Crippen molar-refractivity contribution in [2.24, 2.45) is 0 Å². The molecule has 1 aliphatic rings. The van der Waals surface area contributed by atoms with Gasteiger partial charge < -0.3 is 4.74 Å². The number of aromatic nitrogens is 1. The number of carbonyl (C=O) groups excluding carboxylic acids is 1. The highest BCUT2D eigenvalue weighted by Crippen LogP contribution is 2.32.